The zero-order chi connectivity index (χ0) is 13.4. The second-order valence-electron chi connectivity index (χ2n) is 4.82. The van der Waals surface area contributed by atoms with Gasteiger partial charge in [-0.3, -0.25) is 4.79 Å². The van der Waals surface area contributed by atoms with Crippen LogP contribution in [0.1, 0.15) is 19.3 Å². The average molecular weight is 296 g/mol. The standard InChI is InChI=1S/C13H14ClN3OS/c14-7-4-5-10-11(6-7)19-13(16-10)17-12(18)8-2-1-3-9(8)15/h4-6,8-9H,1-3,15H2,(H,16,17,18). The highest BCUT2D eigenvalue weighted by Gasteiger charge is 2.30. The number of nitrogens with two attached hydrogens (primary N) is 1. The van der Waals surface area contributed by atoms with Gasteiger partial charge in [-0.05, 0) is 31.0 Å². The fourth-order valence-corrected chi connectivity index (χ4v) is 3.61. The van der Waals surface area contributed by atoms with Gasteiger partial charge < -0.3 is 11.1 Å². The maximum atomic E-state index is 12.1. The molecule has 2 aromatic rings. The number of hydrogen-bond donors (Lipinski definition) is 2. The molecule has 1 aliphatic rings. The molecule has 0 saturated heterocycles. The summed E-state index contributed by atoms with van der Waals surface area (Å²) in [5.74, 6) is -0.106. The number of nitrogens with one attached hydrogen (secondary N) is 1. The van der Waals surface area contributed by atoms with E-state index in [-0.39, 0.29) is 17.9 Å². The zero-order valence-corrected chi connectivity index (χ0v) is 11.8. The van der Waals surface area contributed by atoms with E-state index >= 15 is 0 Å². The lowest BCUT2D eigenvalue weighted by Gasteiger charge is -2.13. The first-order chi connectivity index (χ1) is 9.13. The fraction of sp³-hybridized carbons (Fsp3) is 0.385. The second kappa shape index (κ2) is 5.07. The quantitative estimate of drug-likeness (QED) is 0.895. The van der Waals surface area contributed by atoms with Gasteiger partial charge in [0.1, 0.15) is 0 Å². The summed E-state index contributed by atoms with van der Waals surface area (Å²) >= 11 is 7.36. The number of carbonyl (C=O) groups excluding carboxylic acids is 1. The van der Waals surface area contributed by atoms with E-state index in [2.05, 4.69) is 10.3 Å². The van der Waals surface area contributed by atoms with Crippen molar-refractivity contribution < 1.29 is 4.79 Å². The summed E-state index contributed by atoms with van der Waals surface area (Å²) < 4.78 is 0.971. The van der Waals surface area contributed by atoms with E-state index in [0.717, 1.165) is 29.5 Å². The predicted molar refractivity (Wildman–Crippen MR) is 78.6 cm³/mol. The molecule has 1 aromatic carbocycles. The van der Waals surface area contributed by atoms with Crippen molar-refractivity contribution in [3.05, 3.63) is 23.2 Å². The number of amides is 1. The molecule has 3 N–H and O–H groups in total. The maximum Gasteiger partial charge on any atom is 0.230 e. The molecular formula is C13H14ClN3OS. The molecule has 1 amide bonds. The molecule has 100 valence electrons. The van der Waals surface area contributed by atoms with E-state index in [1.165, 1.54) is 11.3 Å². The van der Waals surface area contributed by atoms with E-state index in [9.17, 15) is 4.79 Å². The van der Waals surface area contributed by atoms with Crippen LogP contribution in [-0.4, -0.2) is 16.9 Å². The minimum absolute atomic E-state index is 0.0184. The van der Waals surface area contributed by atoms with Crippen molar-refractivity contribution in [2.45, 2.75) is 25.3 Å². The summed E-state index contributed by atoms with van der Waals surface area (Å²) in [7, 11) is 0. The number of benzene rings is 1. The molecular weight excluding hydrogens is 282 g/mol. The van der Waals surface area contributed by atoms with Gasteiger partial charge >= 0.3 is 0 Å². The van der Waals surface area contributed by atoms with Gasteiger partial charge in [0.15, 0.2) is 5.13 Å². The Balaban J connectivity index is 1.79. The summed E-state index contributed by atoms with van der Waals surface area (Å²) in [6, 6.07) is 5.47. The number of carbonyl (C=O) groups is 1. The molecule has 1 aliphatic carbocycles. The van der Waals surface area contributed by atoms with Gasteiger partial charge in [-0.15, -0.1) is 0 Å². The molecule has 3 rings (SSSR count). The van der Waals surface area contributed by atoms with Crippen LogP contribution >= 0.6 is 22.9 Å². The molecule has 0 spiro atoms. The Hall–Kier alpha value is -1.17. The fourth-order valence-electron chi connectivity index (χ4n) is 2.46. The number of fused-ring (bicyclic) bond motifs is 1. The summed E-state index contributed by atoms with van der Waals surface area (Å²) in [6.07, 6.45) is 2.81. The van der Waals surface area contributed by atoms with Gasteiger partial charge in [0.25, 0.3) is 0 Å². The van der Waals surface area contributed by atoms with Crippen molar-refractivity contribution in [2.75, 3.05) is 5.32 Å². The van der Waals surface area contributed by atoms with Crippen molar-refractivity contribution in [2.24, 2.45) is 11.7 Å². The number of rotatable bonds is 2. The van der Waals surface area contributed by atoms with Crippen LogP contribution in [0.15, 0.2) is 18.2 Å². The Labute approximate surface area is 120 Å². The van der Waals surface area contributed by atoms with E-state index in [1.54, 1.807) is 6.07 Å². The third-order valence-corrected chi connectivity index (χ3v) is 4.66. The highest BCUT2D eigenvalue weighted by molar-refractivity contribution is 7.22. The number of hydrogen-bond acceptors (Lipinski definition) is 4. The van der Waals surface area contributed by atoms with Gasteiger partial charge in [0, 0.05) is 11.1 Å². The Morgan fingerprint density at radius 1 is 1.47 bits per heavy atom. The zero-order valence-electron chi connectivity index (χ0n) is 10.2. The smallest absolute Gasteiger partial charge is 0.230 e. The van der Waals surface area contributed by atoms with E-state index in [4.69, 9.17) is 17.3 Å². The van der Waals surface area contributed by atoms with E-state index in [0.29, 0.717) is 10.2 Å². The molecule has 4 nitrogen and oxygen atoms in total. The van der Waals surface area contributed by atoms with Gasteiger partial charge in [-0.1, -0.05) is 29.4 Å². The van der Waals surface area contributed by atoms with Gasteiger partial charge in [0.05, 0.1) is 16.1 Å². The molecule has 6 heteroatoms. The number of halogens is 1. The summed E-state index contributed by atoms with van der Waals surface area (Å²) in [5.41, 5.74) is 6.78. The number of nitrogens with zero attached hydrogens (tertiary/aromatic N) is 1. The van der Waals surface area contributed by atoms with Crippen molar-refractivity contribution in [1.82, 2.24) is 4.98 Å². The average Bonchev–Trinajstić information content (AvgIpc) is 2.94. The molecule has 1 aromatic heterocycles. The topological polar surface area (TPSA) is 68.0 Å². The molecule has 0 bridgehead atoms. The van der Waals surface area contributed by atoms with Crippen molar-refractivity contribution >= 4 is 44.2 Å². The molecule has 0 aliphatic heterocycles. The summed E-state index contributed by atoms with van der Waals surface area (Å²) in [5, 5.41) is 4.15. The monoisotopic (exact) mass is 295 g/mol. The van der Waals surface area contributed by atoms with Crippen LogP contribution < -0.4 is 11.1 Å². The first-order valence-corrected chi connectivity index (χ1v) is 7.45. The van der Waals surface area contributed by atoms with Crippen LogP contribution in [0.4, 0.5) is 5.13 Å². The molecule has 0 radical (unpaired) electrons. The SMILES string of the molecule is NC1CCCC1C(=O)Nc1nc2ccc(Cl)cc2s1. The van der Waals surface area contributed by atoms with Crippen LogP contribution in [0.5, 0.6) is 0 Å². The Kier molecular flexibility index (Phi) is 3.43. The number of anilines is 1. The largest absolute Gasteiger partial charge is 0.327 e. The van der Waals surface area contributed by atoms with Crippen LogP contribution in [0, 0.1) is 5.92 Å². The molecule has 1 fully saturated rings. The van der Waals surface area contributed by atoms with E-state index < -0.39 is 0 Å². The number of aromatic nitrogens is 1. The molecule has 2 unspecified atom stereocenters. The van der Waals surface area contributed by atoms with Gasteiger partial charge in [-0.25, -0.2) is 4.98 Å². The first-order valence-electron chi connectivity index (χ1n) is 6.26. The molecule has 1 heterocycles. The molecule has 1 saturated carbocycles. The Bertz CT molecular complexity index is 627. The molecule has 2 atom stereocenters. The third-order valence-electron chi connectivity index (χ3n) is 3.49. The van der Waals surface area contributed by atoms with Crippen LogP contribution in [0.2, 0.25) is 5.02 Å². The van der Waals surface area contributed by atoms with Gasteiger partial charge in [0.2, 0.25) is 5.91 Å². The van der Waals surface area contributed by atoms with Crippen LogP contribution in [-0.2, 0) is 4.79 Å². The van der Waals surface area contributed by atoms with Gasteiger partial charge in [-0.2, -0.15) is 0 Å². The lowest BCUT2D eigenvalue weighted by atomic mass is 10.0. The maximum absolute atomic E-state index is 12.1. The highest BCUT2D eigenvalue weighted by atomic mass is 35.5. The minimum atomic E-state index is -0.0874. The normalized spacial score (nSPS) is 22.8. The van der Waals surface area contributed by atoms with Crippen LogP contribution in [0.25, 0.3) is 10.2 Å². The molecule has 19 heavy (non-hydrogen) atoms. The first kappa shape index (κ1) is 12.8. The third kappa shape index (κ3) is 2.59. The lowest BCUT2D eigenvalue weighted by molar-refractivity contribution is -0.120. The summed E-state index contributed by atoms with van der Waals surface area (Å²) in [4.78, 5) is 16.5. The number of thiazole rings is 1. The van der Waals surface area contributed by atoms with Crippen molar-refractivity contribution in [3.63, 3.8) is 0 Å². The summed E-state index contributed by atoms with van der Waals surface area (Å²) in [6.45, 7) is 0. The van der Waals surface area contributed by atoms with Crippen LogP contribution in [0.3, 0.4) is 0 Å². The van der Waals surface area contributed by atoms with Crippen molar-refractivity contribution in [3.8, 4) is 0 Å². The predicted octanol–water partition coefficient (Wildman–Crippen LogP) is 3.02. The van der Waals surface area contributed by atoms with E-state index in [1.807, 2.05) is 12.1 Å². The Morgan fingerprint density at radius 3 is 3.05 bits per heavy atom. The van der Waals surface area contributed by atoms with Crippen molar-refractivity contribution in [1.29, 1.82) is 0 Å². The second-order valence-corrected chi connectivity index (χ2v) is 6.29. The highest BCUT2D eigenvalue weighted by Crippen LogP contribution is 2.30. The lowest BCUT2D eigenvalue weighted by Crippen LogP contribution is -2.34. The minimum Gasteiger partial charge on any atom is -0.327 e. The Morgan fingerprint density at radius 2 is 2.32 bits per heavy atom.